The third-order valence-electron chi connectivity index (χ3n) is 2.60. The van der Waals surface area contributed by atoms with Crippen molar-refractivity contribution in [3.05, 3.63) is 28.5 Å². The van der Waals surface area contributed by atoms with Crippen molar-refractivity contribution in [1.82, 2.24) is 0 Å². The van der Waals surface area contributed by atoms with Gasteiger partial charge < -0.3 is 0 Å². The van der Waals surface area contributed by atoms with Gasteiger partial charge in [0.1, 0.15) is 5.82 Å². The van der Waals surface area contributed by atoms with E-state index in [9.17, 15) is 8.60 Å². The Balaban J connectivity index is 2.34. The van der Waals surface area contributed by atoms with Crippen LogP contribution in [0.2, 0.25) is 0 Å². The summed E-state index contributed by atoms with van der Waals surface area (Å²) in [5.74, 6) is 0.926. The predicted molar refractivity (Wildman–Crippen MR) is 67.9 cm³/mol. The maximum Gasteiger partial charge on any atom is 0.139 e. The van der Waals surface area contributed by atoms with Gasteiger partial charge in [-0.25, -0.2) is 8.60 Å². The van der Waals surface area contributed by atoms with Crippen molar-refractivity contribution in [3.63, 3.8) is 0 Å². The van der Waals surface area contributed by atoms with Crippen LogP contribution in [0.3, 0.4) is 0 Å². The number of halogens is 2. The van der Waals surface area contributed by atoms with E-state index in [0.29, 0.717) is 21.7 Å². The Morgan fingerprint density at radius 1 is 1.25 bits per heavy atom. The lowest BCUT2D eigenvalue weighted by molar-refractivity contribution is 0.621. The van der Waals surface area contributed by atoms with Crippen LogP contribution < -0.4 is 0 Å². The molecule has 0 radical (unpaired) electrons. The standard InChI is InChI=1S/C11H13BrFNOS/c12-10-5-4-9(8-11(10)13)14-16(15)6-2-1-3-7-16/h4-5,8H,1-3,6-7H2. The predicted octanol–water partition coefficient (Wildman–Crippen LogP) is 3.87. The quantitative estimate of drug-likeness (QED) is 0.774. The molecule has 16 heavy (non-hydrogen) atoms. The fraction of sp³-hybridized carbons (Fsp3) is 0.455. The lowest BCUT2D eigenvalue weighted by atomic mass is 10.3. The number of benzene rings is 1. The Morgan fingerprint density at radius 3 is 2.56 bits per heavy atom. The third kappa shape index (κ3) is 2.83. The first kappa shape index (κ1) is 12.0. The zero-order chi connectivity index (χ0) is 11.6. The van der Waals surface area contributed by atoms with Crippen molar-refractivity contribution in [3.8, 4) is 0 Å². The minimum atomic E-state index is -2.13. The Hall–Kier alpha value is -0.420. The highest BCUT2D eigenvalue weighted by molar-refractivity contribution is 9.10. The lowest BCUT2D eigenvalue weighted by Crippen LogP contribution is -2.15. The van der Waals surface area contributed by atoms with Gasteiger partial charge in [-0.05, 0) is 40.9 Å². The Labute approximate surface area is 104 Å². The molecule has 88 valence electrons. The van der Waals surface area contributed by atoms with E-state index in [1.165, 1.54) is 6.07 Å². The maximum absolute atomic E-state index is 13.3. The van der Waals surface area contributed by atoms with Crippen LogP contribution in [-0.4, -0.2) is 15.7 Å². The molecule has 1 fully saturated rings. The molecular formula is C11H13BrFNOS. The van der Waals surface area contributed by atoms with Crippen molar-refractivity contribution >= 4 is 31.3 Å². The van der Waals surface area contributed by atoms with Gasteiger partial charge in [0.05, 0.1) is 19.9 Å². The summed E-state index contributed by atoms with van der Waals surface area (Å²) in [5.41, 5.74) is 0.479. The number of rotatable bonds is 1. The minimum absolute atomic E-state index is 0.361. The van der Waals surface area contributed by atoms with E-state index in [0.717, 1.165) is 19.3 Å². The average molecular weight is 306 g/mol. The first-order chi connectivity index (χ1) is 7.59. The van der Waals surface area contributed by atoms with Crippen LogP contribution in [0, 0.1) is 5.82 Å². The second-order valence-electron chi connectivity index (χ2n) is 3.93. The van der Waals surface area contributed by atoms with Crippen LogP contribution >= 0.6 is 15.9 Å². The molecule has 0 N–H and O–H groups in total. The summed E-state index contributed by atoms with van der Waals surface area (Å²) < 4.78 is 30.2. The molecule has 0 aromatic heterocycles. The number of hydrogen-bond donors (Lipinski definition) is 0. The highest BCUT2D eigenvalue weighted by atomic mass is 79.9. The highest BCUT2D eigenvalue weighted by Crippen LogP contribution is 2.24. The van der Waals surface area contributed by atoms with Gasteiger partial charge in [-0.15, -0.1) is 0 Å². The first-order valence-corrected chi connectivity index (χ1v) is 7.91. The maximum atomic E-state index is 13.3. The van der Waals surface area contributed by atoms with Crippen molar-refractivity contribution in [2.24, 2.45) is 4.36 Å². The molecule has 0 spiro atoms. The molecule has 1 aliphatic heterocycles. The molecule has 1 aromatic rings. The molecule has 1 aliphatic rings. The molecule has 5 heteroatoms. The normalized spacial score (nSPS) is 19.4. The van der Waals surface area contributed by atoms with Crippen molar-refractivity contribution in [2.45, 2.75) is 19.3 Å². The fourth-order valence-electron chi connectivity index (χ4n) is 1.76. The summed E-state index contributed by atoms with van der Waals surface area (Å²) in [4.78, 5) is 0. The van der Waals surface area contributed by atoms with Gasteiger partial charge in [0, 0.05) is 17.6 Å². The Bertz CT molecular complexity index is 497. The SMILES string of the molecule is O=S1(=Nc2ccc(Br)c(F)c2)CCCCC1. The van der Waals surface area contributed by atoms with Crippen LogP contribution in [0.15, 0.2) is 27.0 Å². The van der Waals surface area contributed by atoms with E-state index >= 15 is 0 Å². The molecular weight excluding hydrogens is 293 g/mol. The summed E-state index contributed by atoms with van der Waals surface area (Å²) in [6.07, 6.45) is 3.05. The second kappa shape index (κ2) is 4.84. The fourth-order valence-corrected chi connectivity index (χ4v) is 4.20. The third-order valence-corrected chi connectivity index (χ3v) is 5.64. The highest BCUT2D eigenvalue weighted by Gasteiger charge is 2.14. The molecule has 0 amide bonds. The van der Waals surface area contributed by atoms with Crippen LogP contribution in [0.1, 0.15) is 19.3 Å². The van der Waals surface area contributed by atoms with Crippen LogP contribution in [0.25, 0.3) is 0 Å². The monoisotopic (exact) mass is 305 g/mol. The summed E-state index contributed by atoms with van der Waals surface area (Å²) >= 11 is 3.08. The first-order valence-electron chi connectivity index (χ1n) is 5.27. The van der Waals surface area contributed by atoms with Gasteiger partial charge in [0.15, 0.2) is 0 Å². The van der Waals surface area contributed by atoms with Gasteiger partial charge in [0.2, 0.25) is 0 Å². The van der Waals surface area contributed by atoms with E-state index < -0.39 is 9.73 Å². The van der Waals surface area contributed by atoms with Crippen LogP contribution in [-0.2, 0) is 9.73 Å². The summed E-state index contributed by atoms with van der Waals surface area (Å²) in [5, 5.41) is 0. The summed E-state index contributed by atoms with van der Waals surface area (Å²) in [6.45, 7) is 0. The zero-order valence-electron chi connectivity index (χ0n) is 8.79. The second-order valence-corrected chi connectivity index (χ2v) is 7.33. The van der Waals surface area contributed by atoms with Gasteiger partial charge >= 0.3 is 0 Å². The van der Waals surface area contributed by atoms with Gasteiger partial charge in [-0.2, -0.15) is 4.36 Å². The molecule has 0 aliphatic carbocycles. The van der Waals surface area contributed by atoms with E-state index in [1.54, 1.807) is 12.1 Å². The molecule has 2 nitrogen and oxygen atoms in total. The van der Waals surface area contributed by atoms with E-state index in [-0.39, 0.29) is 5.82 Å². The van der Waals surface area contributed by atoms with Crippen molar-refractivity contribution in [2.75, 3.05) is 11.5 Å². The molecule has 0 atom stereocenters. The minimum Gasteiger partial charge on any atom is -0.249 e. The van der Waals surface area contributed by atoms with Gasteiger partial charge in [-0.3, -0.25) is 0 Å². The Morgan fingerprint density at radius 2 is 1.94 bits per heavy atom. The molecule has 2 rings (SSSR count). The molecule has 1 heterocycles. The molecule has 1 saturated heterocycles. The number of nitrogens with zero attached hydrogens (tertiary/aromatic N) is 1. The van der Waals surface area contributed by atoms with Gasteiger partial charge in [0.25, 0.3) is 0 Å². The smallest absolute Gasteiger partial charge is 0.139 e. The molecule has 0 unspecified atom stereocenters. The number of hydrogen-bond acceptors (Lipinski definition) is 2. The van der Waals surface area contributed by atoms with Crippen molar-refractivity contribution < 1.29 is 8.60 Å². The average Bonchev–Trinajstić information content (AvgIpc) is 2.24. The largest absolute Gasteiger partial charge is 0.249 e. The summed E-state index contributed by atoms with van der Waals surface area (Å²) in [6, 6.07) is 4.61. The topological polar surface area (TPSA) is 29.4 Å². The molecule has 0 saturated carbocycles. The van der Waals surface area contributed by atoms with Crippen LogP contribution in [0.5, 0.6) is 0 Å². The zero-order valence-corrected chi connectivity index (χ0v) is 11.2. The molecule has 1 aromatic carbocycles. The lowest BCUT2D eigenvalue weighted by Gasteiger charge is -2.15. The van der Waals surface area contributed by atoms with Crippen LogP contribution in [0.4, 0.5) is 10.1 Å². The Kier molecular flexibility index (Phi) is 3.64. The van der Waals surface area contributed by atoms with Gasteiger partial charge in [-0.1, -0.05) is 6.42 Å². The molecule has 0 bridgehead atoms. The van der Waals surface area contributed by atoms with E-state index in [1.807, 2.05) is 0 Å². The van der Waals surface area contributed by atoms with Crippen molar-refractivity contribution in [1.29, 1.82) is 0 Å². The van der Waals surface area contributed by atoms with E-state index in [4.69, 9.17) is 0 Å². The summed E-state index contributed by atoms with van der Waals surface area (Å²) in [7, 11) is -2.13. The van der Waals surface area contributed by atoms with E-state index in [2.05, 4.69) is 20.3 Å².